The lowest BCUT2D eigenvalue weighted by Crippen LogP contribution is -2.40. The molecule has 0 bridgehead atoms. The fraction of sp³-hybridized carbons (Fsp3) is 0.381. The maximum Gasteiger partial charge on any atom is 0.283 e. The summed E-state index contributed by atoms with van der Waals surface area (Å²) in [6.45, 7) is 3.48. The molecule has 4 rings (SSSR count). The second-order valence-electron chi connectivity index (χ2n) is 7.37. The molecule has 1 fully saturated rings. The first kappa shape index (κ1) is 23.4. The normalized spacial score (nSPS) is 15.0. The number of halogens is 1. The van der Waals surface area contributed by atoms with Gasteiger partial charge in [-0.25, -0.2) is 8.42 Å². The topological polar surface area (TPSA) is 119 Å². The highest BCUT2D eigenvalue weighted by atomic mass is 35.5. The van der Waals surface area contributed by atoms with Crippen molar-refractivity contribution in [2.45, 2.75) is 24.8 Å². The molecule has 1 amide bonds. The molecule has 12 heteroatoms. The van der Waals surface area contributed by atoms with Crippen LogP contribution in [0.1, 0.15) is 29.6 Å². The van der Waals surface area contributed by atoms with Gasteiger partial charge in [0, 0.05) is 25.2 Å². The number of carbonyl (C=O) groups excluding carboxylic acids is 1. The minimum atomic E-state index is -3.87. The molecule has 0 spiro atoms. The molecule has 0 saturated carbocycles. The number of sulfonamides is 1. The summed E-state index contributed by atoms with van der Waals surface area (Å²) in [6.07, 6.45) is 2.17. The van der Waals surface area contributed by atoms with Crippen molar-refractivity contribution in [3.05, 3.63) is 53.1 Å². The molecule has 1 aliphatic heterocycles. The molecule has 0 radical (unpaired) electrons. The van der Waals surface area contributed by atoms with Gasteiger partial charge in [-0.05, 0) is 36.8 Å². The van der Waals surface area contributed by atoms with Gasteiger partial charge in [0.15, 0.2) is 5.76 Å². The molecule has 1 aromatic carbocycles. The fourth-order valence-corrected chi connectivity index (χ4v) is 5.35. The summed E-state index contributed by atoms with van der Waals surface area (Å²) in [4.78, 5) is 14.7. The van der Waals surface area contributed by atoms with Crippen LogP contribution < -0.4 is 0 Å². The van der Waals surface area contributed by atoms with E-state index in [-0.39, 0.29) is 52.8 Å². The van der Waals surface area contributed by atoms with Gasteiger partial charge >= 0.3 is 0 Å². The zero-order valence-corrected chi connectivity index (χ0v) is 19.5. The van der Waals surface area contributed by atoms with Crippen molar-refractivity contribution in [1.29, 1.82) is 0 Å². The minimum Gasteiger partial charge on any atom is -0.459 e. The van der Waals surface area contributed by atoms with Gasteiger partial charge in [0.25, 0.3) is 11.8 Å². The van der Waals surface area contributed by atoms with Crippen LogP contribution in [0.5, 0.6) is 0 Å². The quantitative estimate of drug-likeness (QED) is 0.468. The van der Waals surface area contributed by atoms with E-state index in [0.29, 0.717) is 31.9 Å². The average Bonchev–Trinajstić information content (AvgIpc) is 3.51. The number of morpholine rings is 1. The second kappa shape index (κ2) is 10.0. The van der Waals surface area contributed by atoms with E-state index in [1.54, 1.807) is 12.1 Å². The molecule has 0 N–H and O–H groups in total. The Hall–Kier alpha value is -2.73. The van der Waals surface area contributed by atoms with Crippen LogP contribution in [-0.4, -0.2) is 66.6 Å². The molecule has 1 saturated heterocycles. The Labute approximate surface area is 196 Å². The molecule has 1 aliphatic rings. The molecule has 3 aromatic rings. The Morgan fingerprint density at radius 3 is 2.70 bits per heavy atom. The number of aromatic nitrogens is 2. The van der Waals surface area contributed by atoms with Gasteiger partial charge in [0.05, 0.1) is 31.0 Å². The van der Waals surface area contributed by atoms with Crippen LogP contribution in [0.2, 0.25) is 5.02 Å². The molecule has 10 nitrogen and oxygen atoms in total. The Morgan fingerprint density at radius 1 is 1.21 bits per heavy atom. The molecule has 33 heavy (non-hydrogen) atoms. The third-order valence-corrected chi connectivity index (χ3v) is 7.45. The predicted molar refractivity (Wildman–Crippen MR) is 118 cm³/mol. The Balaban J connectivity index is 1.58. The van der Waals surface area contributed by atoms with Crippen LogP contribution in [0.4, 0.5) is 0 Å². The van der Waals surface area contributed by atoms with E-state index < -0.39 is 10.0 Å². The molecule has 176 valence electrons. The van der Waals surface area contributed by atoms with Crippen molar-refractivity contribution in [2.75, 3.05) is 32.8 Å². The number of ether oxygens (including phenoxy) is 1. The first-order valence-corrected chi connectivity index (χ1v) is 12.2. The summed E-state index contributed by atoms with van der Waals surface area (Å²) in [5.74, 6) is 0.505. The summed E-state index contributed by atoms with van der Waals surface area (Å²) in [7, 11) is -3.87. The van der Waals surface area contributed by atoms with Crippen molar-refractivity contribution >= 4 is 27.5 Å². The van der Waals surface area contributed by atoms with Crippen LogP contribution >= 0.6 is 11.6 Å². The number of benzene rings is 1. The molecule has 0 unspecified atom stereocenters. The van der Waals surface area contributed by atoms with E-state index in [2.05, 4.69) is 10.2 Å². The fourth-order valence-electron chi connectivity index (χ4n) is 3.45. The van der Waals surface area contributed by atoms with Gasteiger partial charge in [-0.2, -0.15) is 4.31 Å². The van der Waals surface area contributed by atoms with Gasteiger partial charge in [0.1, 0.15) is 4.90 Å². The van der Waals surface area contributed by atoms with Gasteiger partial charge in [0.2, 0.25) is 15.9 Å². The molecular formula is C21H23ClN4O6S. The Kier molecular flexibility index (Phi) is 7.13. The second-order valence-corrected chi connectivity index (χ2v) is 9.68. The van der Waals surface area contributed by atoms with E-state index in [1.165, 1.54) is 33.7 Å². The number of carbonyl (C=O) groups is 1. The van der Waals surface area contributed by atoms with Crippen LogP contribution in [-0.2, 0) is 21.3 Å². The lowest BCUT2D eigenvalue weighted by molar-refractivity contribution is 0.0724. The Morgan fingerprint density at radius 2 is 2.00 bits per heavy atom. The molecule has 2 aromatic heterocycles. The van der Waals surface area contributed by atoms with Crippen molar-refractivity contribution < 1.29 is 26.8 Å². The van der Waals surface area contributed by atoms with E-state index in [1.807, 2.05) is 6.92 Å². The first-order valence-electron chi connectivity index (χ1n) is 10.4. The summed E-state index contributed by atoms with van der Waals surface area (Å²) < 4.78 is 43.6. The van der Waals surface area contributed by atoms with Crippen LogP contribution in [0.15, 0.2) is 50.3 Å². The number of nitrogens with zero attached hydrogens (tertiary/aromatic N) is 4. The number of hydrogen-bond acceptors (Lipinski definition) is 8. The largest absolute Gasteiger partial charge is 0.459 e. The maximum atomic E-state index is 13.3. The lowest BCUT2D eigenvalue weighted by Gasteiger charge is -2.27. The SMILES string of the molecule is CCCN(Cc1nnc(-c2ccco2)o1)C(=O)c1ccc(Cl)c(S(=O)(=O)N2CCOCC2)c1. The van der Waals surface area contributed by atoms with E-state index in [9.17, 15) is 13.2 Å². The minimum absolute atomic E-state index is 0.0556. The smallest absolute Gasteiger partial charge is 0.283 e. The predicted octanol–water partition coefficient (Wildman–Crippen LogP) is 3.06. The Bertz CT molecular complexity index is 1210. The van der Waals surface area contributed by atoms with E-state index in [0.717, 1.165) is 0 Å². The maximum absolute atomic E-state index is 13.3. The summed E-state index contributed by atoms with van der Waals surface area (Å²) >= 11 is 6.22. The lowest BCUT2D eigenvalue weighted by atomic mass is 10.2. The standard InChI is InChI=1S/C21H23ClN4O6S/c1-2-7-25(14-19-23-24-20(32-19)17-4-3-10-31-17)21(27)15-5-6-16(22)18(13-15)33(28,29)26-8-11-30-12-9-26/h3-6,10,13H,2,7-9,11-12,14H2,1H3. The van der Waals surface area contributed by atoms with E-state index in [4.69, 9.17) is 25.2 Å². The zero-order valence-electron chi connectivity index (χ0n) is 17.9. The third kappa shape index (κ3) is 5.11. The van der Waals surface area contributed by atoms with Crippen molar-refractivity contribution in [3.8, 4) is 11.7 Å². The van der Waals surface area contributed by atoms with Gasteiger partial charge in [-0.1, -0.05) is 18.5 Å². The van der Waals surface area contributed by atoms with Crippen LogP contribution in [0, 0.1) is 0 Å². The summed E-state index contributed by atoms with van der Waals surface area (Å²) in [5.41, 5.74) is 0.199. The van der Waals surface area contributed by atoms with Crippen molar-refractivity contribution in [1.82, 2.24) is 19.4 Å². The molecule has 3 heterocycles. The number of rotatable bonds is 8. The number of amides is 1. The number of furan rings is 1. The highest BCUT2D eigenvalue weighted by Crippen LogP contribution is 2.27. The first-order chi connectivity index (χ1) is 15.9. The van der Waals surface area contributed by atoms with Gasteiger partial charge in [-0.15, -0.1) is 10.2 Å². The number of hydrogen-bond donors (Lipinski definition) is 0. The molecular weight excluding hydrogens is 472 g/mol. The third-order valence-electron chi connectivity index (χ3n) is 5.07. The monoisotopic (exact) mass is 494 g/mol. The van der Waals surface area contributed by atoms with Gasteiger partial charge < -0.3 is 18.5 Å². The van der Waals surface area contributed by atoms with Crippen LogP contribution in [0.25, 0.3) is 11.7 Å². The zero-order chi connectivity index (χ0) is 23.4. The molecule has 0 aliphatic carbocycles. The highest BCUT2D eigenvalue weighted by Gasteiger charge is 2.30. The van der Waals surface area contributed by atoms with Gasteiger partial charge in [-0.3, -0.25) is 4.79 Å². The summed E-state index contributed by atoms with van der Waals surface area (Å²) in [6, 6.07) is 7.65. The molecule has 0 atom stereocenters. The van der Waals surface area contributed by atoms with Crippen LogP contribution in [0.3, 0.4) is 0 Å². The average molecular weight is 495 g/mol. The van der Waals surface area contributed by atoms with E-state index >= 15 is 0 Å². The summed E-state index contributed by atoms with van der Waals surface area (Å²) in [5, 5.41) is 8.00. The van der Waals surface area contributed by atoms with Crippen molar-refractivity contribution in [3.63, 3.8) is 0 Å². The highest BCUT2D eigenvalue weighted by molar-refractivity contribution is 7.89. The van der Waals surface area contributed by atoms with Crippen molar-refractivity contribution in [2.24, 2.45) is 0 Å².